The van der Waals surface area contributed by atoms with E-state index in [0.717, 1.165) is 17.3 Å². The molecule has 170 valence electrons. The third-order valence-electron chi connectivity index (χ3n) is 5.95. The van der Waals surface area contributed by atoms with Crippen molar-refractivity contribution in [3.8, 4) is 0 Å². The van der Waals surface area contributed by atoms with Gasteiger partial charge in [-0.2, -0.15) is 0 Å². The molecule has 0 aliphatic carbocycles. The summed E-state index contributed by atoms with van der Waals surface area (Å²) in [5, 5.41) is 0.684. The first-order chi connectivity index (χ1) is 15.9. The molecule has 8 heteroatoms. The van der Waals surface area contributed by atoms with E-state index in [4.69, 9.17) is 16.0 Å². The van der Waals surface area contributed by atoms with Gasteiger partial charge in [-0.25, -0.2) is 8.78 Å². The van der Waals surface area contributed by atoms with Gasteiger partial charge in [0, 0.05) is 50.9 Å². The largest absolute Gasteiger partial charge is 0.460 e. The molecule has 0 radical (unpaired) electrons. The van der Waals surface area contributed by atoms with E-state index in [-0.39, 0.29) is 12.5 Å². The minimum absolute atomic E-state index is 0.144. The van der Waals surface area contributed by atoms with Crippen LogP contribution in [0.15, 0.2) is 59.0 Å². The van der Waals surface area contributed by atoms with Crippen molar-refractivity contribution in [3.63, 3.8) is 0 Å². The lowest BCUT2D eigenvalue weighted by molar-refractivity contribution is 0.0737. The van der Waals surface area contributed by atoms with E-state index in [2.05, 4.69) is 4.90 Å². The average Bonchev–Trinajstić information content (AvgIpc) is 3.30. The van der Waals surface area contributed by atoms with Gasteiger partial charge < -0.3 is 18.8 Å². The summed E-state index contributed by atoms with van der Waals surface area (Å²) >= 11 is 6.33. The lowest BCUT2D eigenvalue weighted by Gasteiger charge is -2.36. The number of carbonyl (C=O) groups is 1. The van der Waals surface area contributed by atoms with E-state index in [1.807, 2.05) is 37.3 Å². The normalized spacial score (nSPS) is 14.3. The summed E-state index contributed by atoms with van der Waals surface area (Å²) in [4.78, 5) is 17.4. The van der Waals surface area contributed by atoms with Crippen LogP contribution in [0.2, 0.25) is 5.02 Å². The number of aromatic nitrogens is 1. The first-order valence-corrected chi connectivity index (χ1v) is 11.1. The average molecular weight is 470 g/mol. The summed E-state index contributed by atoms with van der Waals surface area (Å²) in [6.07, 6.45) is 0. The Labute approximate surface area is 194 Å². The zero-order chi connectivity index (χ0) is 23.1. The Hall–Kier alpha value is -3.32. The number of nitrogens with zero attached hydrogens (tertiary/aromatic N) is 3. The second-order valence-electron chi connectivity index (χ2n) is 8.23. The van der Waals surface area contributed by atoms with Crippen LogP contribution < -0.4 is 4.90 Å². The van der Waals surface area contributed by atoms with Gasteiger partial charge in [-0.05, 0) is 36.8 Å². The number of carbonyl (C=O) groups excluding carboxylic acids is 1. The number of furan rings is 1. The van der Waals surface area contributed by atoms with Gasteiger partial charge in [0.25, 0.3) is 5.91 Å². The molecule has 2 aromatic heterocycles. The summed E-state index contributed by atoms with van der Waals surface area (Å²) in [6, 6.07) is 14.6. The number of hydrogen-bond acceptors (Lipinski definition) is 3. The third-order valence-corrected chi connectivity index (χ3v) is 6.27. The number of rotatable bonds is 4. The maximum atomic E-state index is 13.8. The Morgan fingerprint density at radius 1 is 1.00 bits per heavy atom. The molecule has 0 saturated carbocycles. The molecule has 0 N–H and O–H groups in total. The van der Waals surface area contributed by atoms with E-state index in [1.165, 1.54) is 12.1 Å². The highest BCUT2D eigenvalue weighted by molar-refractivity contribution is 6.33. The van der Waals surface area contributed by atoms with Crippen molar-refractivity contribution in [2.24, 2.45) is 0 Å². The number of fused-ring (bicyclic) bond motifs is 1. The summed E-state index contributed by atoms with van der Waals surface area (Å²) in [7, 11) is 0. The second kappa shape index (κ2) is 8.56. The summed E-state index contributed by atoms with van der Waals surface area (Å²) < 4.78 is 35.0. The van der Waals surface area contributed by atoms with Gasteiger partial charge in [-0.3, -0.25) is 4.79 Å². The first kappa shape index (κ1) is 21.5. The van der Waals surface area contributed by atoms with Gasteiger partial charge in [-0.15, -0.1) is 0 Å². The Balaban J connectivity index is 1.41. The van der Waals surface area contributed by atoms with Crippen LogP contribution in [0.25, 0.3) is 11.1 Å². The van der Waals surface area contributed by atoms with Crippen molar-refractivity contribution in [2.45, 2.75) is 13.5 Å². The predicted octanol–water partition coefficient (Wildman–Crippen LogP) is 5.49. The number of halogens is 3. The smallest absolute Gasteiger partial charge is 0.270 e. The lowest BCUT2D eigenvalue weighted by atomic mass is 10.2. The van der Waals surface area contributed by atoms with E-state index < -0.39 is 11.6 Å². The molecule has 4 aromatic rings. The molecule has 0 spiro atoms. The van der Waals surface area contributed by atoms with Crippen LogP contribution >= 0.6 is 11.6 Å². The molecule has 1 saturated heterocycles. The van der Waals surface area contributed by atoms with Crippen molar-refractivity contribution in [3.05, 3.63) is 88.3 Å². The zero-order valence-corrected chi connectivity index (χ0v) is 18.8. The molecule has 0 unspecified atom stereocenters. The molecule has 0 bridgehead atoms. The first-order valence-electron chi connectivity index (χ1n) is 10.7. The molecule has 0 atom stereocenters. The summed E-state index contributed by atoms with van der Waals surface area (Å²) in [5.41, 5.74) is 3.11. The van der Waals surface area contributed by atoms with Gasteiger partial charge in [0.05, 0.1) is 16.2 Å². The van der Waals surface area contributed by atoms with Gasteiger partial charge in [0.15, 0.2) is 5.58 Å². The molecule has 1 amide bonds. The number of piperazine rings is 1. The molecule has 1 aliphatic rings. The van der Waals surface area contributed by atoms with E-state index >= 15 is 0 Å². The van der Waals surface area contributed by atoms with Crippen molar-refractivity contribution < 1.29 is 18.0 Å². The van der Waals surface area contributed by atoms with Crippen molar-refractivity contribution in [1.82, 2.24) is 9.47 Å². The quantitative estimate of drug-likeness (QED) is 0.397. The molecule has 5 rings (SSSR count). The molecular weight excluding hydrogens is 448 g/mol. The van der Waals surface area contributed by atoms with Crippen molar-refractivity contribution in [2.75, 3.05) is 31.1 Å². The number of para-hydroxylation sites is 1. The Bertz CT molecular complexity index is 1320. The molecule has 3 heterocycles. The topological polar surface area (TPSA) is 41.6 Å². The zero-order valence-electron chi connectivity index (χ0n) is 18.0. The van der Waals surface area contributed by atoms with Crippen LogP contribution in [0, 0.1) is 18.6 Å². The van der Waals surface area contributed by atoms with Crippen LogP contribution in [0.5, 0.6) is 0 Å². The van der Waals surface area contributed by atoms with Crippen LogP contribution in [0.4, 0.5) is 14.5 Å². The van der Waals surface area contributed by atoms with Gasteiger partial charge in [-0.1, -0.05) is 23.7 Å². The summed E-state index contributed by atoms with van der Waals surface area (Å²) in [5.74, 6) is -0.748. The lowest BCUT2D eigenvalue weighted by Crippen LogP contribution is -2.49. The van der Waals surface area contributed by atoms with Gasteiger partial charge >= 0.3 is 0 Å². The monoisotopic (exact) mass is 469 g/mol. The highest BCUT2D eigenvalue weighted by Crippen LogP contribution is 2.28. The maximum Gasteiger partial charge on any atom is 0.270 e. The number of hydrogen-bond donors (Lipinski definition) is 0. The second-order valence-corrected chi connectivity index (χ2v) is 8.64. The number of benzene rings is 2. The van der Waals surface area contributed by atoms with Crippen LogP contribution in [-0.2, 0) is 6.54 Å². The van der Waals surface area contributed by atoms with Crippen LogP contribution in [-0.4, -0.2) is 41.6 Å². The Morgan fingerprint density at radius 2 is 1.70 bits per heavy atom. The Kier molecular flexibility index (Phi) is 5.58. The fourth-order valence-corrected chi connectivity index (χ4v) is 4.67. The minimum Gasteiger partial charge on any atom is -0.460 e. The van der Waals surface area contributed by atoms with Gasteiger partial charge in [0.2, 0.25) is 0 Å². The molecule has 1 fully saturated rings. The van der Waals surface area contributed by atoms with E-state index in [0.29, 0.717) is 53.8 Å². The van der Waals surface area contributed by atoms with Crippen molar-refractivity contribution in [1.29, 1.82) is 0 Å². The highest BCUT2D eigenvalue weighted by Gasteiger charge is 2.27. The SMILES string of the molecule is Cc1cc2c(cc(C(=O)N3CCN(c4ccccc4Cl)CC3)n2Cc2cc(F)cc(F)c2)o1. The molecule has 2 aromatic carbocycles. The Morgan fingerprint density at radius 3 is 2.39 bits per heavy atom. The number of amides is 1. The maximum absolute atomic E-state index is 13.8. The molecular formula is C25H22ClF2N3O2. The number of anilines is 1. The molecule has 1 aliphatic heterocycles. The standard InChI is InChI=1S/C25H22ClF2N3O2/c1-16-10-22-24(33-16)14-23(31(22)15-17-11-18(27)13-19(28)12-17)25(32)30-8-6-29(7-9-30)21-5-3-2-4-20(21)26/h2-5,10-14H,6-9,15H2,1H3. The van der Waals surface area contributed by atoms with E-state index in [1.54, 1.807) is 15.5 Å². The van der Waals surface area contributed by atoms with E-state index in [9.17, 15) is 13.6 Å². The fraction of sp³-hybridized carbons (Fsp3) is 0.240. The predicted molar refractivity (Wildman–Crippen MR) is 124 cm³/mol. The third kappa shape index (κ3) is 4.20. The minimum atomic E-state index is -0.652. The van der Waals surface area contributed by atoms with Gasteiger partial charge in [0.1, 0.15) is 23.1 Å². The highest BCUT2D eigenvalue weighted by atomic mass is 35.5. The number of aryl methyl sites for hydroxylation is 1. The van der Waals surface area contributed by atoms with Crippen LogP contribution in [0.1, 0.15) is 21.8 Å². The van der Waals surface area contributed by atoms with Crippen molar-refractivity contribution >= 4 is 34.3 Å². The van der Waals surface area contributed by atoms with Crippen LogP contribution in [0.3, 0.4) is 0 Å². The summed E-state index contributed by atoms with van der Waals surface area (Å²) in [6.45, 7) is 4.34. The molecule has 5 nitrogen and oxygen atoms in total. The fourth-order valence-electron chi connectivity index (χ4n) is 4.42. The molecule has 33 heavy (non-hydrogen) atoms.